The van der Waals surface area contributed by atoms with Crippen molar-refractivity contribution in [1.29, 1.82) is 0 Å². The Labute approximate surface area is 117 Å². The monoisotopic (exact) mass is 267 g/mol. The van der Waals surface area contributed by atoms with Crippen LogP contribution >= 0.6 is 0 Å². The van der Waals surface area contributed by atoms with Gasteiger partial charge < -0.3 is 9.88 Å². The minimum absolute atomic E-state index is 0.873. The van der Waals surface area contributed by atoms with Crippen molar-refractivity contribution in [3.05, 3.63) is 48.8 Å². The van der Waals surface area contributed by atoms with Gasteiger partial charge in [0.05, 0.1) is 11.8 Å². The molecule has 1 aromatic carbocycles. The summed E-state index contributed by atoms with van der Waals surface area (Å²) < 4.78 is 2.07. The zero-order valence-electron chi connectivity index (χ0n) is 11.5. The number of nitrogens with zero attached hydrogens (tertiary/aromatic N) is 4. The molecule has 0 fully saturated rings. The number of fused-ring (bicyclic) bond motifs is 1. The average molecular weight is 267 g/mol. The standard InChI is InChI=1S/C15H17N5/c1-12-4-2-5-13-14(12)18-10-19-15(13)17-6-3-8-20-9-7-16-11-20/h2,4-5,7,9-11H,3,6,8H2,1H3,(H,17,18,19). The number of anilines is 1. The van der Waals surface area contributed by atoms with Gasteiger partial charge in [-0.05, 0) is 25.0 Å². The first-order valence-electron chi connectivity index (χ1n) is 6.74. The fourth-order valence-corrected chi connectivity index (χ4v) is 2.26. The smallest absolute Gasteiger partial charge is 0.137 e. The predicted molar refractivity (Wildman–Crippen MR) is 79.6 cm³/mol. The van der Waals surface area contributed by atoms with Gasteiger partial charge in [-0.25, -0.2) is 15.0 Å². The second kappa shape index (κ2) is 5.69. The van der Waals surface area contributed by atoms with Crippen LogP contribution < -0.4 is 5.32 Å². The van der Waals surface area contributed by atoms with E-state index in [-0.39, 0.29) is 0 Å². The Morgan fingerprint density at radius 2 is 2.20 bits per heavy atom. The second-order valence-corrected chi connectivity index (χ2v) is 4.77. The van der Waals surface area contributed by atoms with Crippen molar-refractivity contribution in [2.75, 3.05) is 11.9 Å². The molecule has 0 aliphatic carbocycles. The molecule has 0 atom stereocenters. The summed E-state index contributed by atoms with van der Waals surface area (Å²) in [6.45, 7) is 3.89. The summed E-state index contributed by atoms with van der Waals surface area (Å²) in [6.07, 6.45) is 8.25. The van der Waals surface area contributed by atoms with Crippen molar-refractivity contribution in [3.63, 3.8) is 0 Å². The Bertz CT molecular complexity index is 691. The molecule has 0 radical (unpaired) electrons. The molecule has 0 aliphatic rings. The number of imidazole rings is 1. The fourth-order valence-electron chi connectivity index (χ4n) is 2.26. The Hall–Kier alpha value is -2.43. The van der Waals surface area contributed by atoms with Crippen LogP contribution in [-0.2, 0) is 6.54 Å². The Kier molecular flexibility index (Phi) is 3.58. The van der Waals surface area contributed by atoms with Gasteiger partial charge in [0.1, 0.15) is 12.1 Å². The molecular formula is C15H17N5. The summed E-state index contributed by atoms with van der Waals surface area (Å²) in [7, 11) is 0. The third kappa shape index (κ3) is 2.61. The van der Waals surface area contributed by atoms with Gasteiger partial charge in [-0.2, -0.15) is 0 Å². The van der Waals surface area contributed by atoms with Crippen LogP contribution in [0, 0.1) is 6.92 Å². The lowest BCUT2D eigenvalue weighted by atomic mass is 10.1. The van der Waals surface area contributed by atoms with E-state index in [1.807, 2.05) is 18.6 Å². The molecule has 0 saturated heterocycles. The van der Waals surface area contributed by atoms with Gasteiger partial charge in [0, 0.05) is 30.9 Å². The molecule has 0 spiro atoms. The normalized spacial score (nSPS) is 10.8. The molecule has 0 aliphatic heterocycles. The lowest BCUT2D eigenvalue weighted by Crippen LogP contribution is -2.07. The molecule has 1 N–H and O–H groups in total. The number of benzene rings is 1. The summed E-state index contributed by atoms with van der Waals surface area (Å²) in [6, 6.07) is 6.16. The van der Waals surface area contributed by atoms with Crippen LogP contribution in [0.4, 0.5) is 5.82 Å². The minimum atomic E-state index is 0.873. The number of hydrogen-bond acceptors (Lipinski definition) is 4. The van der Waals surface area contributed by atoms with Crippen molar-refractivity contribution >= 4 is 16.7 Å². The summed E-state index contributed by atoms with van der Waals surface area (Å²) in [5.74, 6) is 0.907. The number of rotatable bonds is 5. The van der Waals surface area contributed by atoms with E-state index in [2.05, 4.69) is 43.9 Å². The van der Waals surface area contributed by atoms with Crippen molar-refractivity contribution in [2.45, 2.75) is 19.9 Å². The molecule has 5 heteroatoms. The Morgan fingerprint density at radius 3 is 3.05 bits per heavy atom. The van der Waals surface area contributed by atoms with E-state index in [9.17, 15) is 0 Å². The fraction of sp³-hybridized carbons (Fsp3) is 0.267. The molecule has 0 unspecified atom stereocenters. The molecule has 20 heavy (non-hydrogen) atoms. The zero-order valence-corrected chi connectivity index (χ0v) is 11.5. The van der Waals surface area contributed by atoms with Crippen molar-refractivity contribution < 1.29 is 0 Å². The van der Waals surface area contributed by atoms with Crippen molar-refractivity contribution in [1.82, 2.24) is 19.5 Å². The molecular weight excluding hydrogens is 250 g/mol. The number of aromatic nitrogens is 4. The van der Waals surface area contributed by atoms with E-state index in [4.69, 9.17) is 0 Å². The van der Waals surface area contributed by atoms with E-state index < -0.39 is 0 Å². The van der Waals surface area contributed by atoms with E-state index in [1.54, 1.807) is 12.5 Å². The highest BCUT2D eigenvalue weighted by atomic mass is 15.0. The molecule has 3 aromatic rings. The summed E-state index contributed by atoms with van der Waals surface area (Å²) in [4.78, 5) is 12.7. The van der Waals surface area contributed by atoms with Crippen LogP contribution in [0.25, 0.3) is 10.9 Å². The Balaban J connectivity index is 1.67. The van der Waals surface area contributed by atoms with Crippen LogP contribution in [0.3, 0.4) is 0 Å². The van der Waals surface area contributed by atoms with E-state index in [0.29, 0.717) is 0 Å². The summed E-state index contributed by atoms with van der Waals surface area (Å²) in [5.41, 5.74) is 2.19. The molecule has 5 nitrogen and oxygen atoms in total. The van der Waals surface area contributed by atoms with Crippen molar-refractivity contribution in [2.24, 2.45) is 0 Å². The molecule has 2 heterocycles. The Morgan fingerprint density at radius 1 is 1.25 bits per heavy atom. The van der Waals surface area contributed by atoms with E-state index in [1.165, 1.54) is 5.56 Å². The SMILES string of the molecule is Cc1cccc2c(NCCCn3ccnc3)ncnc12. The third-order valence-corrected chi connectivity index (χ3v) is 3.31. The summed E-state index contributed by atoms with van der Waals surface area (Å²) >= 11 is 0. The van der Waals surface area contributed by atoms with Crippen molar-refractivity contribution in [3.8, 4) is 0 Å². The lowest BCUT2D eigenvalue weighted by molar-refractivity contribution is 0.660. The number of aryl methyl sites for hydroxylation is 2. The van der Waals surface area contributed by atoms with Crippen LogP contribution in [0.15, 0.2) is 43.2 Å². The molecule has 102 valence electrons. The number of nitrogens with one attached hydrogen (secondary N) is 1. The van der Waals surface area contributed by atoms with Gasteiger partial charge in [0.15, 0.2) is 0 Å². The predicted octanol–water partition coefficient (Wildman–Crippen LogP) is 2.64. The lowest BCUT2D eigenvalue weighted by Gasteiger charge is -2.09. The highest BCUT2D eigenvalue weighted by Crippen LogP contribution is 2.21. The maximum atomic E-state index is 4.35. The summed E-state index contributed by atoms with van der Waals surface area (Å²) in [5, 5.41) is 4.47. The molecule has 0 saturated carbocycles. The number of para-hydroxylation sites is 1. The van der Waals surface area contributed by atoms with Gasteiger partial charge in [0.25, 0.3) is 0 Å². The van der Waals surface area contributed by atoms with Gasteiger partial charge in [0.2, 0.25) is 0 Å². The van der Waals surface area contributed by atoms with E-state index >= 15 is 0 Å². The molecule has 3 rings (SSSR count). The van der Waals surface area contributed by atoms with Crippen LogP contribution in [0.1, 0.15) is 12.0 Å². The first-order chi connectivity index (χ1) is 9.84. The van der Waals surface area contributed by atoms with E-state index in [0.717, 1.165) is 36.2 Å². The highest BCUT2D eigenvalue weighted by Gasteiger charge is 2.04. The van der Waals surface area contributed by atoms with Gasteiger partial charge in [-0.1, -0.05) is 12.1 Å². The van der Waals surface area contributed by atoms with Crippen LogP contribution in [0.5, 0.6) is 0 Å². The second-order valence-electron chi connectivity index (χ2n) is 4.77. The average Bonchev–Trinajstić information content (AvgIpc) is 2.98. The highest BCUT2D eigenvalue weighted by molar-refractivity contribution is 5.90. The topological polar surface area (TPSA) is 55.6 Å². The molecule has 0 amide bonds. The molecule has 0 bridgehead atoms. The molecule has 2 aromatic heterocycles. The maximum Gasteiger partial charge on any atom is 0.137 e. The van der Waals surface area contributed by atoms with Crippen LogP contribution in [-0.4, -0.2) is 26.1 Å². The third-order valence-electron chi connectivity index (χ3n) is 3.31. The first kappa shape index (κ1) is 12.6. The minimum Gasteiger partial charge on any atom is -0.369 e. The maximum absolute atomic E-state index is 4.35. The van der Waals surface area contributed by atoms with Gasteiger partial charge in [-0.15, -0.1) is 0 Å². The largest absolute Gasteiger partial charge is 0.369 e. The number of hydrogen-bond donors (Lipinski definition) is 1. The van der Waals surface area contributed by atoms with Crippen LogP contribution in [0.2, 0.25) is 0 Å². The van der Waals surface area contributed by atoms with Gasteiger partial charge in [-0.3, -0.25) is 0 Å². The van der Waals surface area contributed by atoms with Gasteiger partial charge >= 0.3 is 0 Å². The zero-order chi connectivity index (χ0) is 13.8. The quantitative estimate of drug-likeness (QED) is 0.722. The first-order valence-corrected chi connectivity index (χ1v) is 6.74.